The molecule has 5 heteroatoms. The minimum absolute atomic E-state index is 0.0121. The van der Waals surface area contributed by atoms with Crippen LogP contribution in [0, 0.1) is 13.8 Å². The van der Waals surface area contributed by atoms with Crippen LogP contribution >= 0.6 is 11.6 Å². The molecule has 1 N–H and O–H groups in total. The number of alkyl halides is 1. The van der Waals surface area contributed by atoms with Gasteiger partial charge in [0.2, 0.25) is 5.91 Å². The van der Waals surface area contributed by atoms with Crippen molar-refractivity contribution in [2.24, 2.45) is 0 Å². The lowest BCUT2D eigenvalue weighted by Crippen LogP contribution is -2.46. The Labute approximate surface area is 130 Å². The summed E-state index contributed by atoms with van der Waals surface area (Å²) < 4.78 is 0. The molecule has 1 fully saturated rings. The highest BCUT2D eigenvalue weighted by molar-refractivity contribution is 6.27. The molecule has 2 amide bonds. The molecule has 1 aliphatic rings. The summed E-state index contributed by atoms with van der Waals surface area (Å²) in [6, 6.07) is 5.93. The predicted molar refractivity (Wildman–Crippen MR) is 83.7 cm³/mol. The second-order valence-electron chi connectivity index (χ2n) is 5.57. The smallest absolute Gasteiger partial charge is 0.253 e. The normalized spacial score (nSPS) is 15.9. The van der Waals surface area contributed by atoms with Gasteiger partial charge in [-0.1, -0.05) is 6.07 Å². The molecule has 21 heavy (non-hydrogen) atoms. The van der Waals surface area contributed by atoms with Gasteiger partial charge in [-0.2, -0.15) is 0 Å². The Morgan fingerprint density at radius 3 is 2.48 bits per heavy atom. The summed E-state index contributed by atoms with van der Waals surface area (Å²) in [5.41, 5.74) is 3.06. The van der Waals surface area contributed by atoms with Gasteiger partial charge in [0.25, 0.3) is 5.91 Å². The average Bonchev–Trinajstić information content (AvgIpc) is 2.50. The van der Waals surface area contributed by atoms with Crippen molar-refractivity contribution in [3.63, 3.8) is 0 Å². The number of nitrogens with zero attached hydrogens (tertiary/aromatic N) is 1. The molecule has 0 radical (unpaired) electrons. The highest BCUT2D eigenvalue weighted by Gasteiger charge is 2.24. The summed E-state index contributed by atoms with van der Waals surface area (Å²) in [6.07, 6.45) is 1.55. The minimum Gasteiger partial charge on any atom is -0.352 e. The third-order valence-corrected chi connectivity index (χ3v) is 4.27. The molecule has 2 rings (SSSR count). The summed E-state index contributed by atoms with van der Waals surface area (Å²) in [5, 5.41) is 2.88. The van der Waals surface area contributed by atoms with Crippen LogP contribution in [0.3, 0.4) is 0 Å². The molecule has 1 aliphatic heterocycles. The summed E-state index contributed by atoms with van der Waals surface area (Å²) in [4.78, 5) is 25.6. The predicted octanol–water partition coefficient (Wildman–Crippen LogP) is 2.26. The van der Waals surface area contributed by atoms with E-state index < -0.39 is 0 Å². The van der Waals surface area contributed by atoms with Gasteiger partial charge in [0, 0.05) is 24.7 Å². The fraction of sp³-hybridized carbons (Fsp3) is 0.500. The van der Waals surface area contributed by atoms with Gasteiger partial charge in [0.1, 0.15) is 5.88 Å². The lowest BCUT2D eigenvalue weighted by Gasteiger charge is -2.32. The highest BCUT2D eigenvalue weighted by Crippen LogP contribution is 2.16. The van der Waals surface area contributed by atoms with Gasteiger partial charge in [0.05, 0.1) is 0 Å². The molecule has 0 spiro atoms. The molecule has 0 aliphatic carbocycles. The molecule has 0 aromatic heterocycles. The van der Waals surface area contributed by atoms with Crippen LogP contribution in [0.2, 0.25) is 0 Å². The molecule has 1 aromatic carbocycles. The van der Waals surface area contributed by atoms with E-state index in [9.17, 15) is 9.59 Å². The molecule has 4 nitrogen and oxygen atoms in total. The van der Waals surface area contributed by atoms with Crippen LogP contribution < -0.4 is 5.32 Å². The summed E-state index contributed by atoms with van der Waals surface area (Å²) >= 11 is 5.48. The zero-order valence-electron chi connectivity index (χ0n) is 12.5. The fourth-order valence-corrected chi connectivity index (χ4v) is 2.63. The number of carbonyl (C=O) groups is 2. The van der Waals surface area contributed by atoms with Gasteiger partial charge in [-0.15, -0.1) is 11.6 Å². The van der Waals surface area contributed by atoms with E-state index in [2.05, 4.69) is 5.32 Å². The van der Waals surface area contributed by atoms with Crippen LogP contribution in [0.15, 0.2) is 18.2 Å². The van der Waals surface area contributed by atoms with Crippen molar-refractivity contribution < 1.29 is 9.59 Å². The first-order chi connectivity index (χ1) is 10.0. The third-order valence-electron chi connectivity index (χ3n) is 4.02. The topological polar surface area (TPSA) is 49.4 Å². The van der Waals surface area contributed by atoms with Gasteiger partial charge >= 0.3 is 0 Å². The molecular formula is C16H21ClN2O2. The van der Waals surface area contributed by atoms with E-state index in [1.807, 2.05) is 36.9 Å². The first-order valence-corrected chi connectivity index (χ1v) is 7.76. The zero-order chi connectivity index (χ0) is 15.4. The Hall–Kier alpha value is -1.55. The van der Waals surface area contributed by atoms with Gasteiger partial charge < -0.3 is 10.2 Å². The van der Waals surface area contributed by atoms with Crippen molar-refractivity contribution in [3.05, 3.63) is 34.9 Å². The Bertz CT molecular complexity index is 537. The van der Waals surface area contributed by atoms with E-state index in [0.717, 1.165) is 24.0 Å². The standard InChI is InChI=1S/C16H21ClN2O2/c1-11-3-4-13(9-12(11)2)16(21)19-7-5-14(6-8-19)18-15(20)10-17/h3-4,9,14H,5-8,10H2,1-2H3,(H,18,20). The molecule has 114 valence electrons. The van der Waals surface area contributed by atoms with Crippen molar-refractivity contribution in [2.75, 3.05) is 19.0 Å². The van der Waals surface area contributed by atoms with Gasteiger partial charge in [-0.25, -0.2) is 0 Å². The summed E-state index contributed by atoms with van der Waals surface area (Å²) in [6.45, 7) is 5.38. The van der Waals surface area contributed by atoms with E-state index >= 15 is 0 Å². The number of piperidine rings is 1. The number of likely N-dealkylation sites (tertiary alicyclic amines) is 1. The molecule has 1 aromatic rings. The maximum Gasteiger partial charge on any atom is 0.253 e. The summed E-state index contributed by atoms with van der Waals surface area (Å²) in [5.74, 6) is -0.0854. The van der Waals surface area contributed by atoms with Crippen molar-refractivity contribution in [1.29, 1.82) is 0 Å². The molecular weight excluding hydrogens is 288 g/mol. The Kier molecular flexibility index (Phi) is 5.23. The second kappa shape index (κ2) is 6.94. The number of aryl methyl sites for hydroxylation is 2. The van der Waals surface area contributed by atoms with Crippen LogP contribution in [0.1, 0.15) is 34.3 Å². The first-order valence-electron chi connectivity index (χ1n) is 7.23. The molecule has 1 heterocycles. The minimum atomic E-state index is -0.143. The number of benzene rings is 1. The lowest BCUT2D eigenvalue weighted by atomic mass is 10.0. The van der Waals surface area contributed by atoms with E-state index in [1.54, 1.807) is 0 Å². The lowest BCUT2D eigenvalue weighted by molar-refractivity contribution is -0.119. The SMILES string of the molecule is Cc1ccc(C(=O)N2CCC(NC(=O)CCl)CC2)cc1C. The summed E-state index contributed by atoms with van der Waals surface area (Å²) in [7, 11) is 0. The van der Waals surface area contributed by atoms with Gasteiger partial charge in [0.15, 0.2) is 0 Å². The molecule has 0 unspecified atom stereocenters. The van der Waals surface area contributed by atoms with Crippen molar-refractivity contribution in [1.82, 2.24) is 10.2 Å². The number of rotatable bonds is 3. The van der Waals surface area contributed by atoms with Gasteiger partial charge in [-0.3, -0.25) is 9.59 Å². The number of hydrogen-bond donors (Lipinski definition) is 1. The Morgan fingerprint density at radius 2 is 1.90 bits per heavy atom. The number of carbonyl (C=O) groups excluding carboxylic acids is 2. The van der Waals surface area contributed by atoms with Crippen molar-refractivity contribution >= 4 is 23.4 Å². The number of nitrogens with one attached hydrogen (secondary N) is 1. The quantitative estimate of drug-likeness (QED) is 0.871. The average molecular weight is 309 g/mol. The van der Waals surface area contributed by atoms with E-state index in [1.165, 1.54) is 5.56 Å². The second-order valence-corrected chi connectivity index (χ2v) is 5.83. The maximum absolute atomic E-state index is 12.5. The number of halogens is 1. The maximum atomic E-state index is 12.5. The van der Waals surface area contributed by atoms with Crippen LogP contribution in [-0.4, -0.2) is 41.7 Å². The van der Waals surface area contributed by atoms with Crippen molar-refractivity contribution in [3.8, 4) is 0 Å². The molecule has 0 atom stereocenters. The highest BCUT2D eigenvalue weighted by atomic mass is 35.5. The Balaban J connectivity index is 1.93. The van der Waals surface area contributed by atoms with Crippen LogP contribution in [0.25, 0.3) is 0 Å². The largest absolute Gasteiger partial charge is 0.352 e. The Morgan fingerprint density at radius 1 is 1.24 bits per heavy atom. The number of hydrogen-bond acceptors (Lipinski definition) is 2. The van der Waals surface area contributed by atoms with Crippen molar-refractivity contribution in [2.45, 2.75) is 32.7 Å². The van der Waals surface area contributed by atoms with Crippen LogP contribution in [0.5, 0.6) is 0 Å². The fourth-order valence-electron chi connectivity index (χ4n) is 2.55. The van der Waals surface area contributed by atoms with Gasteiger partial charge in [-0.05, 0) is 49.9 Å². The third kappa shape index (κ3) is 3.97. The first kappa shape index (κ1) is 15.8. The molecule has 0 bridgehead atoms. The molecule has 0 saturated carbocycles. The van der Waals surface area contributed by atoms with Crippen LogP contribution in [-0.2, 0) is 4.79 Å². The monoisotopic (exact) mass is 308 g/mol. The van der Waals surface area contributed by atoms with E-state index in [4.69, 9.17) is 11.6 Å². The molecule has 1 saturated heterocycles. The van der Waals surface area contributed by atoms with E-state index in [-0.39, 0.29) is 23.7 Å². The van der Waals surface area contributed by atoms with Crippen LogP contribution in [0.4, 0.5) is 0 Å². The number of amides is 2. The van der Waals surface area contributed by atoms with E-state index in [0.29, 0.717) is 13.1 Å². The zero-order valence-corrected chi connectivity index (χ0v) is 13.2.